The number of β-amino-alcohol motifs (C(OH)–C–C–N with tert-alkyl or cyclic N) is 1. The van der Waals surface area contributed by atoms with Gasteiger partial charge < -0.3 is 9.84 Å². The first-order chi connectivity index (χ1) is 15.6. The van der Waals surface area contributed by atoms with E-state index in [9.17, 15) is 9.90 Å². The summed E-state index contributed by atoms with van der Waals surface area (Å²) in [6, 6.07) is 24.2. The zero-order valence-electron chi connectivity index (χ0n) is 18.2. The number of hydrogen-bond donors (Lipinski definition) is 1. The highest BCUT2D eigenvalue weighted by molar-refractivity contribution is 6.30. The first-order valence-electron chi connectivity index (χ1n) is 10.8. The molecule has 1 unspecified atom stereocenters. The van der Waals surface area contributed by atoms with Crippen molar-refractivity contribution in [3.8, 4) is 5.75 Å². The molecule has 0 saturated carbocycles. The van der Waals surface area contributed by atoms with E-state index in [1.54, 1.807) is 48.5 Å². The first kappa shape index (κ1) is 25.0. The second kappa shape index (κ2) is 12.0. The molecule has 0 amide bonds. The van der Waals surface area contributed by atoms with Crippen LogP contribution in [0.1, 0.15) is 27.9 Å². The molecule has 1 aliphatic heterocycles. The number of ketones is 1. The van der Waals surface area contributed by atoms with Crippen molar-refractivity contribution < 1.29 is 14.6 Å². The Morgan fingerprint density at radius 3 is 2.21 bits per heavy atom. The van der Waals surface area contributed by atoms with Gasteiger partial charge in [0.05, 0.1) is 0 Å². The molecule has 0 radical (unpaired) electrons. The number of carbonyl (C=O) groups excluding carboxylic acids is 1. The number of ether oxygens (including phenoxy) is 1. The third-order valence-corrected chi connectivity index (χ3v) is 5.82. The monoisotopic (exact) mass is 483 g/mol. The van der Waals surface area contributed by atoms with Crippen LogP contribution < -0.4 is 4.74 Å². The molecular weight excluding hydrogens is 457 g/mol. The summed E-state index contributed by atoms with van der Waals surface area (Å²) in [7, 11) is 0. The third kappa shape index (κ3) is 6.92. The van der Waals surface area contributed by atoms with Gasteiger partial charge in [-0.15, -0.1) is 12.4 Å². The predicted molar refractivity (Wildman–Crippen MR) is 136 cm³/mol. The average molecular weight is 484 g/mol. The third-order valence-electron chi connectivity index (χ3n) is 5.57. The second-order valence-electron chi connectivity index (χ2n) is 7.93. The number of rotatable bonds is 8. The molecule has 3 aromatic rings. The van der Waals surface area contributed by atoms with E-state index in [1.807, 2.05) is 6.07 Å². The molecule has 0 spiro atoms. The summed E-state index contributed by atoms with van der Waals surface area (Å²) < 4.78 is 5.74. The molecule has 6 heteroatoms. The molecule has 3 aromatic carbocycles. The molecule has 0 aromatic heterocycles. The maximum absolute atomic E-state index is 12.5. The van der Waals surface area contributed by atoms with Crippen molar-refractivity contribution in [1.29, 1.82) is 0 Å². The van der Waals surface area contributed by atoms with E-state index in [2.05, 4.69) is 35.2 Å². The Morgan fingerprint density at radius 2 is 1.61 bits per heavy atom. The Hall–Kier alpha value is -2.63. The van der Waals surface area contributed by atoms with E-state index in [-0.39, 0.29) is 24.8 Å². The van der Waals surface area contributed by atoms with Crippen LogP contribution in [0.4, 0.5) is 0 Å². The summed E-state index contributed by atoms with van der Waals surface area (Å²) in [6.07, 6.45) is 2.63. The summed E-state index contributed by atoms with van der Waals surface area (Å²) in [6.45, 7) is 2.50. The van der Waals surface area contributed by atoms with Crippen molar-refractivity contribution in [3.05, 3.63) is 107 Å². The molecule has 1 atom stereocenters. The van der Waals surface area contributed by atoms with Gasteiger partial charge >= 0.3 is 0 Å². The molecule has 1 N–H and O–H groups in total. The van der Waals surface area contributed by atoms with Crippen LogP contribution in [0.3, 0.4) is 0 Å². The lowest BCUT2D eigenvalue weighted by atomic mass is 9.99. The van der Waals surface area contributed by atoms with Gasteiger partial charge in [-0.2, -0.15) is 0 Å². The molecule has 1 aliphatic rings. The summed E-state index contributed by atoms with van der Waals surface area (Å²) in [5, 5.41) is 11.0. The molecule has 4 rings (SSSR count). The van der Waals surface area contributed by atoms with E-state index in [0.717, 1.165) is 19.5 Å². The van der Waals surface area contributed by atoms with E-state index in [4.69, 9.17) is 16.3 Å². The molecule has 0 bridgehead atoms. The fraction of sp³-hybridized carbons (Fsp3) is 0.222. The Balaban J connectivity index is 0.00000306. The summed E-state index contributed by atoms with van der Waals surface area (Å²) in [4.78, 5) is 14.8. The quantitative estimate of drug-likeness (QED) is 0.428. The maximum Gasteiger partial charge on any atom is 0.193 e. The molecule has 0 aliphatic carbocycles. The number of carbonyl (C=O) groups is 1. The molecule has 1 heterocycles. The van der Waals surface area contributed by atoms with Gasteiger partial charge in [0.25, 0.3) is 0 Å². The lowest BCUT2D eigenvalue weighted by Crippen LogP contribution is -2.38. The molecule has 0 fully saturated rings. The zero-order valence-corrected chi connectivity index (χ0v) is 19.8. The summed E-state index contributed by atoms with van der Waals surface area (Å²) in [5.74, 6) is 0.558. The van der Waals surface area contributed by atoms with Crippen LogP contribution in [-0.2, 0) is 0 Å². The van der Waals surface area contributed by atoms with E-state index in [1.165, 1.54) is 11.1 Å². The highest BCUT2D eigenvalue weighted by Crippen LogP contribution is 2.22. The molecule has 33 heavy (non-hydrogen) atoms. The van der Waals surface area contributed by atoms with Gasteiger partial charge in [0, 0.05) is 35.8 Å². The van der Waals surface area contributed by atoms with E-state index < -0.39 is 6.10 Å². The smallest absolute Gasteiger partial charge is 0.193 e. The van der Waals surface area contributed by atoms with E-state index >= 15 is 0 Å². The van der Waals surface area contributed by atoms with Crippen molar-refractivity contribution in [1.82, 2.24) is 4.90 Å². The largest absolute Gasteiger partial charge is 0.491 e. The Morgan fingerprint density at radius 1 is 0.970 bits per heavy atom. The van der Waals surface area contributed by atoms with Gasteiger partial charge in [-0.05, 0) is 66.1 Å². The fourth-order valence-electron chi connectivity index (χ4n) is 3.81. The molecule has 4 nitrogen and oxygen atoms in total. The standard InChI is InChI=1S/C27H26ClNO3.ClH/c28-24-10-6-22(7-11-24)27(31)23-8-12-26(13-9-23)32-19-25(30)18-29-16-14-21(15-17-29)20-4-2-1-3-5-20;/h1-14,25,30H,15-19H2;1H. The van der Waals surface area contributed by atoms with Gasteiger partial charge in [0.1, 0.15) is 18.5 Å². The lowest BCUT2D eigenvalue weighted by Gasteiger charge is -2.28. The number of aliphatic hydroxyl groups excluding tert-OH is 1. The van der Waals surface area contributed by atoms with Crippen molar-refractivity contribution in [3.63, 3.8) is 0 Å². The van der Waals surface area contributed by atoms with Crippen LogP contribution in [0.5, 0.6) is 5.75 Å². The van der Waals surface area contributed by atoms with Gasteiger partial charge in [-0.25, -0.2) is 0 Å². The lowest BCUT2D eigenvalue weighted by molar-refractivity contribution is 0.0716. The number of hydrogen-bond acceptors (Lipinski definition) is 4. The first-order valence-corrected chi connectivity index (χ1v) is 11.1. The summed E-state index contributed by atoms with van der Waals surface area (Å²) in [5.41, 5.74) is 3.80. The van der Waals surface area contributed by atoms with Crippen molar-refractivity contribution in [2.45, 2.75) is 12.5 Å². The van der Waals surface area contributed by atoms with Crippen LogP contribution in [0.15, 0.2) is 84.9 Å². The van der Waals surface area contributed by atoms with E-state index in [0.29, 0.717) is 28.4 Å². The fourth-order valence-corrected chi connectivity index (χ4v) is 3.93. The number of benzene rings is 3. The number of halogens is 2. The van der Waals surface area contributed by atoms with Crippen molar-refractivity contribution >= 4 is 35.4 Å². The topological polar surface area (TPSA) is 49.8 Å². The van der Waals surface area contributed by atoms with Crippen molar-refractivity contribution in [2.75, 3.05) is 26.2 Å². The molecule has 172 valence electrons. The van der Waals surface area contributed by atoms with Crippen LogP contribution in [0.25, 0.3) is 5.57 Å². The molecule has 0 saturated heterocycles. The van der Waals surface area contributed by atoms with Crippen LogP contribution in [0.2, 0.25) is 5.02 Å². The minimum Gasteiger partial charge on any atom is -0.491 e. The average Bonchev–Trinajstić information content (AvgIpc) is 2.84. The molecular formula is C27H27Cl2NO3. The van der Waals surface area contributed by atoms with Crippen LogP contribution in [-0.4, -0.2) is 48.1 Å². The van der Waals surface area contributed by atoms with Crippen molar-refractivity contribution in [2.24, 2.45) is 0 Å². The highest BCUT2D eigenvalue weighted by Gasteiger charge is 2.17. The zero-order chi connectivity index (χ0) is 22.3. The van der Waals surface area contributed by atoms with Gasteiger partial charge in [-0.3, -0.25) is 9.69 Å². The van der Waals surface area contributed by atoms with Gasteiger partial charge in [0.15, 0.2) is 5.78 Å². The van der Waals surface area contributed by atoms with Crippen LogP contribution in [0, 0.1) is 0 Å². The minimum absolute atomic E-state index is 0. The van der Waals surface area contributed by atoms with Gasteiger partial charge in [-0.1, -0.05) is 48.0 Å². The predicted octanol–water partition coefficient (Wildman–Crippen LogP) is 5.52. The Labute approximate surface area is 205 Å². The van der Waals surface area contributed by atoms with Gasteiger partial charge in [0.2, 0.25) is 0 Å². The Kier molecular flexibility index (Phi) is 9.10. The maximum atomic E-state index is 12.5. The highest BCUT2D eigenvalue weighted by atomic mass is 35.5. The summed E-state index contributed by atoms with van der Waals surface area (Å²) >= 11 is 5.88. The number of nitrogens with zero attached hydrogens (tertiary/aromatic N) is 1. The second-order valence-corrected chi connectivity index (χ2v) is 8.37. The minimum atomic E-state index is -0.586. The normalized spacial score (nSPS) is 14.7. The van der Waals surface area contributed by atoms with Crippen LogP contribution >= 0.6 is 24.0 Å². The number of aliphatic hydroxyl groups is 1. The Bertz CT molecular complexity index is 1070. The SMILES string of the molecule is Cl.O=C(c1ccc(Cl)cc1)c1ccc(OCC(O)CN2CC=C(c3ccccc3)CC2)cc1.